The Morgan fingerprint density at radius 3 is 2.63 bits per heavy atom. The fraction of sp³-hybridized carbons (Fsp3) is 0.857. The molecule has 2 rings (SSSR count). The zero-order chi connectivity index (χ0) is 13.7. The van der Waals surface area contributed by atoms with Gasteiger partial charge in [-0.3, -0.25) is 9.59 Å². The number of nitrogens with one attached hydrogen (secondary N) is 1. The minimum atomic E-state index is -0.736. The fourth-order valence-electron chi connectivity index (χ4n) is 2.83. The Balaban J connectivity index is 1.65. The second-order valence-corrected chi connectivity index (χ2v) is 5.83. The lowest BCUT2D eigenvalue weighted by Gasteiger charge is -2.33. The quantitative estimate of drug-likeness (QED) is 0.756. The topological polar surface area (TPSA) is 69.6 Å². The van der Waals surface area contributed by atoms with Crippen LogP contribution in [-0.2, 0) is 9.59 Å². The second-order valence-electron chi connectivity index (χ2n) is 5.83. The maximum absolute atomic E-state index is 11.8. The molecular weight excluding hydrogens is 244 g/mol. The average molecular weight is 268 g/mol. The zero-order valence-corrected chi connectivity index (χ0v) is 11.4. The van der Waals surface area contributed by atoms with E-state index >= 15 is 0 Å². The molecule has 5 heteroatoms. The molecule has 19 heavy (non-hydrogen) atoms. The highest BCUT2D eigenvalue weighted by molar-refractivity contribution is 5.79. The Morgan fingerprint density at radius 2 is 2.00 bits per heavy atom. The summed E-state index contributed by atoms with van der Waals surface area (Å²) in [7, 11) is 0. The van der Waals surface area contributed by atoms with Crippen molar-refractivity contribution in [2.24, 2.45) is 11.8 Å². The van der Waals surface area contributed by atoms with Gasteiger partial charge < -0.3 is 15.3 Å². The van der Waals surface area contributed by atoms with Crippen molar-refractivity contribution in [3.8, 4) is 0 Å². The van der Waals surface area contributed by atoms with Crippen LogP contribution in [0.1, 0.15) is 38.5 Å². The molecule has 5 nitrogen and oxygen atoms in total. The molecule has 0 bridgehead atoms. The first-order valence-electron chi connectivity index (χ1n) is 7.37. The van der Waals surface area contributed by atoms with E-state index in [1.807, 2.05) is 0 Å². The Bertz CT molecular complexity index is 329. The van der Waals surface area contributed by atoms with Crippen LogP contribution < -0.4 is 5.32 Å². The first-order valence-corrected chi connectivity index (χ1v) is 7.37. The first-order chi connectivity index (χ1) is 9.15. The van der Waals surface area contributed by atoms with Crippen molar-refractivity contribution in [3.63, 3.8) is 0 Å². The number of nitrogens with zero attached hydrogens (tertiary/aromatic N) is 1. The van der Waals surface area contributed by atoms with Crippen molar-refractivity contribution in [2.75, 3.05) is 26.2 Å². The molecule has 0 aromatic rings. The largest absolute Gasteiger partial charge is 0.481 e. The standard InChI is InChI=1S/C14H24N2O3/c17-13(18)6-8-16-7-2-3-11(10-16)9-15-14(19)12-4-1-5-12/h11-12H,1-10H2,(H,15,19)(H,17,18). The molecule has 1 heterocycles. The van der Waals surface area contributed by atoms with Crippen LogP contribution >= 0.6 is 0 Å². The summed E-state index contributed by atoms with van der Waals surface area (Å²) in [6.07, 6.45) is 5.71. The van der Waals surface area contributed by atoms with Crippen LogP contribution in [0.5, 0.6) is 0 Å². The second kappa shape index (κ2) is 6.89. The Hall–Kier alpha value is -1.10. The third-order valence-electron chi connectivity index (χ3n) is 4.29. The molecule has 2 aliphatic rings. The Labute approximate surface area is 114 Å². The van der Waals surface area contributed by atoms with E-state index in [1.165, 1.54) is 6.42 Å². The smallest absolute Gasteiger partial charge is 0.304 e. The number of carbonyl (C=O) groups is 2. The maximum Gasteiger partial charge on any atom is 0.304 e. The van der Waals surface area contributed by atoms with Crippen LogP contribution in [0.15, 0.2) is 0 Å². The summed E-state index contributed by atoms with van der Waals surface area (Å²) in [6.45, 7) is 3.28. The van der Waals surface area contributed by atoms with Gasteiger partial charge in [-0.15, -0.1) is 0 Å². The highest BCUT2D eigenvalue weighted by Crippen LogP contribution is 2.26. The lowest BCUT2D eigenvalue weighted by molar-refractivity contribution is -0.137. The van der Waals surface area contributed by atoms with E-state index in [1.54, 1.807) is 0 Å². The molecule has 1 saturated heterocycles. The molecule has 1 atom stereocenters. The van der Waals surface area contributed by atoms with Crippen LogP contribution in [-0.4, -0.2) is 48.1 Å². The van der Waals surface area contributed by atoms with Gasteiger partial charge in [0.15, 0.2) is 0 Å². The van der Waals surface area contributed by atoms with E-state index < -0.39 is 5.97 Å². The zero-order valence-electron chi connectivity index (χ0n) is 11.4. The van der Waals surface area contributed by atoms with Gasteiger partial charge >= 0.3 is 5.97 Å². The van der Waals surface area contributed by atoms with Gasteiger partial charge in [-0.05, 0) is 38.1 Å². The average Bonchev–Trinajstić information content (AvgIpc) is 2.32. The number of piperidine rings is 1. The molecule has 0 aromatic carbocycles. The predicted molar refractivity (Wildman–Crippen MR) is 71.8 cm³/mol. The van der Waals surface area contributed by atoms with Crippen LogP contribution in [0.4, 0.5) is 0 Å². The van der Waals surface area contributed by atoms with E-state index in [9.17, 15) is 9.59 Å². The number of carbonyl (C=O) groups excluding carboxylic acids is 1. The van der Waals surface area contributed by atoms with Gasteiger partial charge in [0.2, 0.25) is 5.91 Å². The molecule has 0 spiro atoms. The molecule has 1 saturated carbocycles. The minimum absolute atomic E-state index is 0.209. The minimum Gasteiger partial charge on any atom is -0.481 e. The van der Waals surface area contributed by atoms with Crippen molar-refractivity contribution in [3.05, 3.63) is 0 Å². The molecule has 0 radical (unpaired) electrons. The number of likely N-dealkylation sites (tertiary alicyclic amines) is 1. The molecule has 2 fully saturated rings. The van der Waals surface area contributed by atoms with Gasteiger partial charge in [0, 0.05) is 25.6 Å². The molecule has 0 aromatic heterocycles. The predicted octanol–water partition coefficient (Wildman–Crippen LogP) is 1.09. The molecule has 2 N–H and O–H groups in total. The number of hydrogen-bond donors (Lipinski definition) is 2. The lowest BCUT2D eigenvalue weighted by atomic mass is 9.84. The first kappa shape index (κ1) is 14.3. The summed E-state index contributed by atoms with van der Waals surface area (Å²) >= 11 is 0. The highest BCUT2D eigenvalue weighted by atomic mass is 16.4. The van der Waals surface area contributed by atoms with Crippen molar-refractivity contribution >= 4 is 11.9 Å². The Kier molecular flexibility index (Phi) is 5.19. The van der Waals surface area contributed by atoms with Crippen molar-refractivity contribution in [1.29, 1.82) is 0 Å². The number of carboxylic acids is 1. The van der Waals surface area contributed by atoms with E-state index in [0.717, 1.165) is 45.3 Å². The van der Waals surface area contributed by atoms with Crippen LogP contribution in [0, 0.1) is 11.8 Å². The van der Waals surface area contributed by atoms with Gasteiger partial charge in [0.05, 0.1) is 6.42 Å². The molecular formula is C14H24N2O3. The summed E-state index contributed by atoms with van der Waals surface area (Å²) in [5.74, 6) is 0.215. The molecule has 1 aliphatic carbocycles. The lowest BCUT2D eigenvalue weighted by Crippen LogP contribution is -2.43. The Morgan fingerprint density at radius 1 is 1.21 bits per heavy atom. The SMILES string of the molecule is O=C(O)CCN1CCCC(CNC(=O)C2CCC2)C1. The number of aliphatic carboxylic acids is 1. The summed E-state index contributed by atoms with van der Waals surface area (Å²) in [4.78, 5) is 24.5. The molecule has 1 unspecified atom stereocenters. The van der Waals surface area contributed by atoms with Crippen LogP contribution in [0.2, 0.25) is 0 Å². The number of hydrogen-bond acceptors (Lipinski definition) is 3. The highest BCUT2D eigenvalue weighted by Gasteiger charge is 2.26. The summed E-state index contributed by atoms with van der Waals surface area (Å²) in [5.41, 5.74) is 0. The van der Waals surface area contributed by atoms with Crippen LogP contribution in [0.25, 0.3) is 0 Å². The van der Waals surface area contributed by atoms with E-state index in [2.05, 4.69) is 10.2 Å². The summed E-state index contributed by atoms with van der Waals surface area (Å²) in [6, 6.07) is 0. The third-order valence-corrected chi connectivity index (χ3v) is 4.29. The van der Waals surface area contributed by atoms with Gasteiger partial charge in [0.1, 0.15) is 0 Å². The van der Waals surface area contributed by atoms with Crippen LogP contribution in [0.3, 0.4) is 0 Å². The van der Waals surface area contributed by atoms with E-state index in [-0.39, 0.29) is 18.2 Å². The maximum atomic E-state index is 11.8. The van der Waals surface area contributed by atoms with E-state index in [4.69, 9.17) is 5.11 Å². The molecule has 108 valence electrons. The van der Waals surface area contributed by atoms with E-state index in [0.29, 0.717) is 12.5 Å². The van der Waals surface area contributed by atoms with Gasteiger partial charge in [-0.2, -0.15) is 0 Å². The van der Waals surface area contributed by atoms with Gasteiger partial charge in [0.25, 0.3) is 0 Å². The van der Waals surface area contributed by atoms with Gasteiger partial charge in [-0.25, -0.2) is 0 Å². The van der Waals surface area contributed by atoms with Crippen molar-refractivity contribution in [2.45, 2.75) is 38.5 Å². The normalized spacial score (nSPS) is 24.7. The summed E-state index contributed by atoms with van der Waals surface area (Å²) < 4.78 is 0. The van der Waals surface area contributed by atoms with Crippen molar-refractivity contribution < 1.29 is 14.7 Å². The van der Waals surface area contributed by atoms with Gasteiger partial charge in [-0.1, -0.05) is 6.42 Å². The summed E-state index contributed by atoms with van der Waals surface area (Å²) in [5, 5.41) is 11.8. The third kappa shape index (κ3) is 4.49. The number of carboxylic acid groups (broad SMARTS) is 1. The molecule has 1 amide bonds. The van der Waals surface area contributed by atoms with Crippen molar-refractivity contribution in [1.82, 2.24) is 10.2 Å². The number of rotatable bonds is 6. The number of amides is 1. The molecule has 1 aliphatic heterocycles. The fourth-order valence-corrected chi connectivity index (χ4v) is 2.83. The monoisotopic (exact) mass is 268 g/mol.